The molecular formula is C16H14ClN3O. The molecule has 106 valence electrons. The molecule has 0 N–H and O–H groups in total. The van der Waals surface area contributed by atoms with Gasteiger partial charge in [0.1, 0.15) is 12.1 Å². The predicted octanol–water partition coefficient (Wildman–Crippen LogP) is 3.90. The van der Waals surface area contributed by atoms with Crippen molar-refractivity contribution in [2.75, 3.05) is 7.11 Å². The van der Waals surface area contributed by atoms with Crippen LogP contribution in [0.3, 0.4) is 0 Å². The van der Waals surface area contributed by atoms with Gasteiger partial charge < -0.3 is 4.74 Å². The quantitative estimate of drug-likeness (QED) is 0.736. The number of hydrogen-bond acceptors (Lipinski definition) is 3. The van der Waals surface area contributed by atoms with Crippen molar-refractivity contribution >= 4 is 11.6 Å². The molecular weight excluding hydrogens is 286 g/mol. The average molecular weight is 300 g/mol. The van der Waals surface area contributed by atoms with E-state index in [1.165, 1.54) is 0 Å². The monoisotopic (exact) mass is 299 g/mol. The molecule has 0 radical (unpaired) electrons. The van der Waals surface area contributed by atoms with Crippen LogP contribution in [0.15, 0.2) is 48.8 Å². The summed E-state index contributed by atoms with van der Waals surface area (Å²) >= 11 is 6.19. The summed E-state index contributed by atoms with van der Waals surface area (Å²) in [6.45, 7) is 1.97. The summed E-state index contributed by atoms with van der Waals surface area (Å²) in [5, 5.41) is 5.03. The minimum absolute atomic E-state index is 0.712. The molecule has 3 rings (SSSR count). The Labute approximate surface area is 128 Å². The second-order valence-corrected chi connectivity index (χ2v) is 5.02. The lowest BCUT2D eigenvalue weighted by atomic mass is 10.1. The Morgan fingerprint density at radius 2 is 1.86 bits per heavy atom. The van der Waals surface area contributed by atoms with Crippen molar-refractivity contribution < 1.29 is 4.74 Å². The summed E-state index contributed by atoms with van der Waals surface area (Å²) in [6, 6.07) is 13.5. The fraction of sp³-hybridized carbons (Fsp3) is 0.125. The van der Waals surface area contributed by atoms with Crippen LogP contribution in [0.4, 0.5) is 0 Å². The topological polar surface area (TPSA) is 39.9 Å². The van der Waals surface area contributed by atoms with Gasteiger partial charge in [-0.2, -0.15) is 5.10 Å². The van der Waals surface area contributed by atoms with Crippen molar-refractivity contribution in [1.82, 2.24) is 14.8 Å². The van der Waals surface area contributed by atoms with Crippen molar-refractivity contribution in [3.63, 3.8) is 0 Å². The maximum atomic E-state index is 6.19. The highest BCUT2D eigenvalue weighted by molar-refractivity contribution is 6.31. The molecule has 0 atom stereocenters. The van der Waals surface area contributed by atoms with Crippen molar-refractivity contribution in [2.45, 2.75) is 6.92 Å². The van der Waals surface area contributed by atoms with E-state index in [4.69, 9.17) is 16.3 Å². The van der Waals surface area contributed by atoms with Gasteiger partial charge in [-0.1, -0.05) is 17.7 Å². The number of nitrogens with zero attached hydrogens (tertiary/aromatic N) is 3. The van der Waals surface area contributed by atoms with Crippen LogP contribution in [-0.2, 0) is 0 Å². The fourth-order valence-corrected chi connectivity index (χ4v) is 2.35. The van der Waals surface area contributed by atoms with Crippen LogP contribution in [0.5, 0.6) is 5.75 Å². The molecule has 21 heavy (non-hydrogen) atoms. The zero-order chi connectivity index (χ0) is 14.8. The first kappa shape index (κ1) is 13.6. The van der Waals surface area contributed by atoms with Crippen LogP contribution < -0.4 is 4.74 Å². The molecule has 0 aliphatic carbocycles. The highest BCUT2D eigenvalue weighted by Gasteiger charge is 2.12. The second-order valence-electron chi connectivity index (χ2n) is 4.61. The van der Waals surface area contributed by atoms with Gasteiger partial charge in [-0.05, 0) is 48.9 Å². The van der Waals surface area contributed by atoms with Crippen LogP contribution in [-0.4, -0.2) is 21.9 Å². The van der Waals surface area contributed by atoms with Crippen LogP contribution in [0.1, 0.15) is 5.56 Å². The number of ether oxygens (including phenoxy) is 1. The van der Waals surface area contributed by atoms with Crippen molar-refractivity contribution in [1.29, 1.82) is 0 Å². The number of rotatable bonds is 3. The third-order valence-corrected chi connectivity index (χ3v) is 3.77. The van der Waals surface area contributed by atoms with Crippen molar-refractivity contribution in [2.24, 2.45) is 0 Å². The summed E-state index contributed by atoms with van der Waals surface area (Å²) in [6.07, 6.45) is 1.54. The fourth-order valence-electron chi connectivity index (χ4n) is 2.18. The van der Waals surface area contributed by atoms with E-state index in [0.717, 1.165) is 28.4 Å². The number of methoxy groups -OCH3 is 1. The molecule has 5 heteroatoms. The van der Waals surface area contributed by atoms with Gasteiger partial charge in [-0.25, -0.2) is 9.67 Å². The number of halogens is 1. The zero-order valence-electron chi connectivity index (χ0n) is 11.7. The van der Waals surface area contributed by atoms with Gasteiger partial charge in [0, 0.05) is 10.6 Å². The van der Waals surface area contributed by atoms with Gasteiger partial charge in [0.25, 0.3) is 0 Å². The first-order valence-corrected chi connectivity index (χ1v) is 6.88. The predicted molar refractivity (Wildman–Crippen MR) is 83.1 cm³/mol. The maximum absolute atomic E-state index is 6.19. The van der Waals surface area contributed by atoms with Gasteiger partial charge in [-0.15, -0.1) is 0 Å². The van der Waals surface area contributed by atoms with Gasteiger partial charge >= 0.3 is 0 Å². The summed E-state index contributed by atoms with van der Waals surface area (Å²) in [5.41, 5.74) is 2.86. The first-order chi connectivity index (χ1) is 10.2. The van der Waals surface area contributed by atoms with E-state index in [1.54, 1.807) is 18.1 Å². The van der Waals surface area contributed by atoms with Gasteiger partial charge in [0.2, 0.25) is 0 Å². The van der Waals surface area contributed by atoms with Gasteiger partial charge in [0.15, 0.2) is 5.82 Å². The maximum Gasteiger partial charge on any atom is 0.163 e. The molecule has 0 spiro atoms. The lowest BCUT2D eigenvalue weighted by Crippen LogP contribution is -2.02. The summed E-state index contributed by atoms with van der Waals surface area (Å²) in [4.78, 5) is 4.36. The largest absolute Gasteiger partial charge is 0.497 e. The average Bonchev–Trinajstić information content (AvgIpc) is 2.99. The molecule has 0 saturated heterocycles. The molecule has 0 bridgehead atoms. The van der Waals surface area contributed by atoms with E-state index in [2.05, 4.69) is 10.1 Å². The van der Waals surface area contributed by atoms with E-state index in [-0.39, 0.29) is 0 Å². The lowest BCUT2D eigenvalue weighted by molar-refractivity contribution is 0.415. The van der Waals surface area contributed by atoms with Crippen LogP contribution in [0.25, 0.3) is 17.1 Å². The summed E-state index contributed by atoms with van der Waals surface area (Å²) < 4.78 is 6.97. The lowest BCUT2D eigenvalue weighted by Gasteiger charge is -2.10. The van der Waals surface area contributed by atoms with E-state index >= 15 is 0 Å². The van der Waals surface area contributed by atoms with Gasteiger partial charge in [0.05, 0.1) is 12.8 Å². The summed E-state index contributed by atoms with van der Waals surface area (Å²) in [5.74, 6) is 1.58. The molecule has 0 saturated carbocycles. The summed E-state index contributed by atoms with van der Waals surface area (Å²) in [7, 11) is 1.65. The Hall–Kier alpha value is -2.33. The number of benzene rings is 2. The molecule has 2 aromatic carbocycles. The highest BCUT2D eigenvalue weighted by atomic mass is 35.5. The van der Waals surface area contributed by atoms with Gasteiger partial charge in [-0.3, -0.25) is 0 Å². The Balaban J connectivity index is 2.10. The minimum atomic E-state index is 0.712. The SMILES string of the molecule is COc1ccc(-c2ncnn2-c2cccc(Cl)c2C)cc1. The molecule has 1 aromatic heterocycles. The second kappa shape index (κ2) is 5.58. The molecule has 0 aliphatic heterocycles. The standard InChI is InChI=1S/C16H14ClN3O/c1-11-14(17)4-3-5-15(11)20-16(18-10-19-20)12-6-8-13(21-2)9-7-12/h3-10H,1-2H3. The highest BCUT2D eigenvalue weighted by Crippen LogP contribution is 2.26. The molecule has 0 unspecified atom stereocenters. The molecule has 0 fully saturated rings. The first-order valence-electron chi connectivity index (χ1n) is 6.50. The molecule has 4 nitrogen and oxygen atoms in total. The molecule has 3 aromatic rings. The molecule has 0 amide bonds. The smallest absolute Gasteiger partial charge is 0.163 e. The molecule has 0 aliphatic rings. The third-order valence-electron chi connectivity index (χ3n) is 3.36. The van der Waals surface area contributed by atoms with Crippen LogP contribution >= 0.6 is 11.6 Å². The van der Waals surface area contributed by atoms with E-state index in [1.807, 2.05) is 49.4 Å². The molecule has 1 heterocycles. The van der Waals surface area contributed by atoms with Crippen LogP contribution in [0, 0.1) is 6.92 Å². The third kappa shape index (κ3) is 2.50. The zero-order valence-corrected chi connectivity index (χ0v) is 12.5. The van der Waals surface area contributed by atoms with E-state index in [9.17, 15) is 0 Å². The van der Waals surface area contributed by atoms with Crippen LogP contribution in [0.2, 0.25) is 5.02 Å². The van der Waals surface area contributed by atoms with E-state index in [0.29, 0.717) is 5.02 Å². The Bertz CT molecular complexity index is 765. The van der Waals surface area contributed by atoms with Crippen molar-refractivity contribution in [3.05, 3.63) is 59.4 Å². The number of aromatic nitrogens is 3. The Kier molecular flexibility index (Phi) is 3.62. The Morgan fingerprint density at radius 3 is 2.57 bits per heavy atom. The Morgan fingerprint density at radius 1 is 1.10 bits per heavy atom. The van der Waals surface area contributed by atoms with Crippen molar-refractivity contribution in [3.8, 4) is 22.8 Å². The minimum Gasteiger partial charge on any atom is -0.497 e. The number of hydrogen-bond donors (Lipinski definition) is 0. The normalized spacial score (nSPS) is 10.6. The van der Waals surface area contributed by atoms with E-state index < -0.39 is 0 Å².